The Hall–Kier alpha value is -2.55. The minimum absolute atomic E-state index is 0.103. The summed E-state index contributed by atoms with van der Waals surface area (Å²) in [5.41, 5.74) is 0. The van der Waals surface area contributed by atoms with E-state index in [0.717, 1.165) is 0 Å². The number of carbonyl (C=O) groups excluding carboxylic acids is 3. The summed E-state index contributed by atoms with van der Waals surface area (Å²) in [5, 5.41) is 0.521. The van der Waals surface area contributed by atoms with E-state index in [9.17, 15) is 18.8 Å². The standard InChI is InChI=1S/C17H18FNO6S/c1-23-16(21)9-15-19(14(20)11-26-15)7-2-8-24-17(22)10-25-13-5-3-12(18)4-6-13/h3-6,9H,2,7-8,10-11H2,1H3/b15-9+. The molecule has 1 heterocycles. The van der Waals surface area contributed by atoms with Gasteiger partial charge in [-0.1, -0.05) is 11.8 Å². The van der Waals surface area contributed by atoms with Gasteiger partial charge in [-0.15, -0.1) is 0 Å². The van der Waals surface area contributed by atoms with Crippen molar-refractivity contribution in [3.05, 3.63) is 41.2 Å². The van der Waals surface area contributed by atoms with Crippen molar-refractivity contribution >= 4 is 29.6 Å². The van der Waals surface area contributed by atoms with Gasteiger partial charge in [0, 0.05) is 6.54 Å². The number of nitrogens with zero attached hydrogens (tertiary/aromatic N) is 1. The molecule has 7 nitrogen and oxygen atoms in total. The molecule has 0 spiro atoms. The van der Waals surface area contributed by atoms with E-state index in [1.807, 2.05) is 0 Å². The number of esters is 2. The Bertz CT molecular complexity index is 691. The minimum atomic E-state index is -0.568. The van der Waals surface area contributed by atoms with Crippen molar-refractivity contribution in [3.8, 4) is 5.75 Å². The fraction of sp³-hybridized carbons (Fsp3) is 0.353. The highest BCUT2D eigenvalue weighted by Gasteiger charge is 2.27. The molecule has 1 saturated heterocycles. The molecular weight excluding hydrogens is 365 g/mol. The summed E-state index contributed by atoms with van der Waals surface area (Å²) in [6.07, 6.45) is 1.67. The number of thioether (sulfide) groups is 1. The van der Waals surface area contributed by atoms with Crippen molar-refractivity contribution in [2.45, 2.75) is 6.42 Å². The highest BCUT2D eigenvalue weighted by Crippen LogP contribution is 2.28. The number of ether oxygens (including phenoxy) is 3. The zero-order valence-corrected chi connectivity index (χ0v) is 14.9. The molecule has 0 radical (unpaired) electrons. The number of rotatable bonds is 8. The van der Waals surface area contributed by atoms with Crippen LogP contribution in [-0.4, -0.2) is 55.4 Å². The van der Waals surface area contributed by atoms with Crippen molar-refractivity contribution in [1.29, 1.82) is 0 Å². The van der Waals surface area contributed by atoms with Crippen molar-refractivity contribution in [2.75, 3.05) is 32.6 Å². The number of methoxy groups -OCH3 is 1. The molecular formula is C17H18FNO6S. The summed E-state index contributed by atoms with van der Waals surface area (Å²) in [6, 6.07) is 5.28. The SMILES string of the molecule is COC(=O)/C=C1/SCC(=O)N1CCCOC(=O)COc1ccc(F)cc1. The van der Waals surface area contributed by atoms with Crippen molar-refractivity contribution in [3.63, 3.8) is 0 Å². The lowest BCUT2D eigenvalue weighted by Gasteiger charge is -2.16. The lowest BCUT2D eigenvalue weighted by Crippen LogP contribution is -2.27. The smallest absolute Gasteiger partial charge is 0.344 e. The highest BCUT2D eigenvalue weighted by molar-refractivity contribution is 8.04. The molecule has 0 aromatic heterocycles. The summed E-state index contributed by atoms with van der Waals surface area (Å²) in [7, 11) is 1.26. The Morgan fingerprint density at radius 3 is 2.73 bits per heavy atom. The van der Waals surface area contributed by atoms with Gasteiger partial charge in [-0.3, -0.25) is 4.79 Å². The summed E-state index contributed by atoms with van der Waals surface area (Å²) in [6.45, 7) is 0.129. The van der Waals surface area contributed by atoms with Crippen LogP contribution in [0.3, 0.4) is 0 Å². The van der Waals surface area contributed by atoms with E-state index < -0.39 is 17.8 Å². The molecule has 0 saturated carbocycles. The van der Waals surface area contributed by atoms with Crippen molar-refractivity contribution < 1.29 is 33.0 Å². The van der Waals surface area contributed by atoms with E-state index in [1.165, 1.54) is 54.1 Å². The number of halogens is 1. The predicted molar refractivity (Wildman–Crippen MR) is 91.7 cm³/mol. The lowest BCUT2D eigenvalue weighted by atomic mass is 10.3. The van der Waals surface area contributed by atoms with Crippen LogP contribution in [0, 0.1) is 5.82 Å². The normalized spacial score (nSPS) is 15.2. The first-order valence-corrected chi connectivity index (χ1v) is 8.75. The van der Waals surface area contributed by atoms with E-state index in [1.54, 1.807) is 0 Å². The van der Waals surface area contributed by atoms with Gasteiger partial charge in [0.2, 0.25) is 5.91 Å². The van der Waals surface area contributed by atoms with E-state index in [4.69, 9.17) is 9.47 Å². The quantitative estimate of drug-likeness (QED) is 0.384. The maximum atomic E-state index is 12.8. The first-order valence-electron chi connectivity index (χ1n) is 7.76. The van der Waals surface area contributed by atoms with Crippen LogP contribution in [0.5, 0.6) is 5.75 Å². The molecule has 0 atom stereocenters. The van der Waals surface area contributed by atoms with Gasteiger partial charge in [-0.05, 0) is 30.7 Å². The first-order chi connectivity index (χ1) is 12.5. The Labute approximate surface area is 154 Å². The second kappa shape index (κ2) is 9.81. The molecule has 2 rings (SSSR count). The van der Waals surface area contributed by atoms with Gasteiger partial charge < -0.3 is 19.1 Å². The number of amides is 1. The average Bonchev–Trinajstić information content (AvgIpc) is 2.97. The molecule has 1 aromatic rings. The summed E-state index contributed by atoms with van der Waals surface area (Å²) in [4.78, 5) is 36.2. The first kappa shape index (κ1) is 19.8. The van der Waals surface area contributed by atoms with Gasteiger partial charge >= 0.3 is 11.9 Å². The number of carbonyl (C=O) groups is 3. The van der Waals surface area contributed by atoms with Crippen LogP contribution in [-0.2, 0) is 23.9 Å². The van der Waals surface area contributed by atoms with Gasteiger partial charge in [0.1, 0.15) is 11.6 Å². The molecule has 1 aliphatic heterocycles. The minimum Gasteiger partial charge on any atom is -0.482 e. The summed E-state index contributed by atoms with van der Waals surface area (Å²) >= 11 is 1.26. The number of hydrogen-bond donors (Lipinski definition) is 0. The van der Waals surface area contributed by atoms with Gasteiger partial charge in [0.25, 0.3) is 0 Å². The van der Waals surface area contributed by atoms with Crippen molar-refractivity contribution in [1.82, 2.24) is 4.90 Å². The van der Waals surface area contributed by atoms with Crippen LogP contribution >= 0.6 is 11.8 Å². The average molecular weight is 383 g/mol. The number of hydrogen-bond acceptors (Lipinski definition) is 7. The largest absolute Gasteiger partial charge is 0.482 e. The zero-order chi connectivity index (χ0) is 18.9. The molecule has 0 N–H and O–H groups in total. The molecule has 1 fully saturated rings. The molecule has 0 unspecified atom stereocenters. The van der Waals surface area contributed by atoms with Crippen LogP contribution < -0.4 is 4.74 Å². The third-order valence-electron chi connectivity index (χ3n) is 3.31. The van der Waals surface area contributed by atoms with Gasteiger partial charge in [0.05, 0.1) is 30.6 Å². The zero-order valence-electron chi connectivity index (χ0n) is 14.1. The third kappa shape index (κ3) is 6.07. The molecule has 1 aliphatic rings. The van der Waals surface area contributed by atoms with E-state index >= 15 is 0 Å². The Kier molecular flexibility index (Phi) is 7.46. The van der Waals surface area contributed by atoms with E-state index in [-0.39, 0.29) is 24.9 Å². The summed E-state index contributed by atoms with van der Waals surface area (Å²) < 4.78 is 27.5. The Morgan fingerprint density at radius 2 is 2.04 bits per heavy atom. The van der Waals surface area contributed by atoms with E-state index in [0.29, 0.717) is 23.7 Å². The predicted octanol–water partition coefficient (Wildman–Crippen LogP) is 1.73. The fourth-order valence-corrected chi connectivity index (χ4v) is 3.01. The molecule has 9 heteroatoms. The number of benzene rings is 1. The molecule has 0 aliphatic carbocycles. The maximum Gasteiger partial charge on any atom is 0.344 e. The topological polar surface area (TPSA) is 82.1 Å². The van der Waals surface area contributed by atoms with Crippen LogP contribution in [0.2, 0.25) is 0 Å². The van der Waals surface area contributed by atoms with Gasteiger partial charge in [0.15, 0.2) is 6.61 Å². The van der Waals surface area contributed by atoms with Crippen LogP contribution in [0.1, 0.15) is 6.42 Å². The maximum absolute atomic E-state index is 12.8. The molecule has 140 valence electrons. The lowest BCUT2D eigenvalue weighted by molar-refractivity contribution is -0.146. The van der Waals surface area contributed by atoms with Crippen LogP contribution in [0.4, 0.5) is 4.39 Å². The fourth-order valence-electron chi connectivity index (χ4n) is 2.05. The van der Waals surface area contributed by atoms with E-state index in [2.05, 4.69) is 4.74 Å². The van der Waals surface area contributed by atoms with Crippen LogP contribution in [0.15, 0.2) is 35.4 Å². The summed E-state index contributed by atoms with van der Waals surface area (Å²) in [5.74, 6) is -0.987. The van der Waals surface area contributed by atoms with Gasteiger partial charge in [-0.25, -0.2) is 14.0 Å². The highest BCUT2D eigenvalue weighted by atomic mass is 32.2. The monoisotopic (exact) mass is 383 g/mol. The molecule has 26 heavy (non-hydrogen) atoms. The van der Waals surface area contributed by atoms with Crippen molar-refractivity contribution in [2.24, 2.45) is 0 Å². The Balaban J connectivity index is 1.69. The van der Waals surface area contributed by atoms with Gasteiger partial charge in [-0.2, -0.15) is 0 Å². The van der Waals surface area contributed by atoms with Crippen LogP contribution in [0.25, 0.3) is 0 Å². The second-order valence-corrected chi connectivity index (χ2v) is 6.15. The second-order valence-electron chi connectivity index (χ2n) is 5.16. The molecule has 1 amide bonds. The molecule has 0 bridgehead atoms. The molecule has 1 aromatic carbocycles. The Morgan fingerprint density at radius 1 is 1.31 bits per heavy atom. The third-order valence-corrected chi connectivity index (χ3v) is 4.34.